The van der Waals surface area contributed by atoms with Gasteiger partial charge in [-0.3, -0.25) is 9.36 Å². The Bertz CT molecular complexity index is 240. The van der Waals surface area contributed by atoms with Crippen LogP contribution in [-0.2, 0) is 13.9 Å². The number of carbonyl (C=O) groups is 1. The van der Waals surface area contributed by atoms with Gasteiger partial charge in [-0.05, 0) is 13.3 Å². The van der Waals surface area contributed by atoms with Gasteiger partial charge in [-0.15, -0.1) is 0 Å². The molecule has 0 aliphatic carbocycles. The lowest BCUT2D eigenvalue weighted by Crippen LogP contribution is -2.06. The third-order valence-electron chi connectivity index (χ3n) is 2.40. The standard InChI is InChI=1S/C11H23O4P/c1-3-5-6-7-8-9-11(13)16(14,10-12)15-4-2/h12H,3-10H2,1-2H3. The summed E-state index contributed by atoms with van der Waals surface area (Å²) in [6, 6.07) is 0. The van der Waals surface area contributed by atoms with E-state index in [4.69, 9.17) is 9.63 Å². The van der Waals surface area contributed by atoms with E-state index in [0.717, 1.165) is 32.1 Å². The molecule has 1 N–H and O–H groups in total. The van der Waals surface area contributed by atoms with Gasteiger partial charge in [-0.2, -0.15) is 0 Å². The number of aliphatic hydroxyl groups is 1. The molecule has 0 aromatic heterocycles. The highest BCUT2D eigenvalue weighted by Gasteiger charge is 2.30. The molecule has 0 saturated heterocycles. The van der Waals surface area contributed by atoms with Crippen molar-refractivity contribution in [3.8, 4) is 0 Å². The van der Waals surface area contributed by atoms with Gasteiger partial charge in [-0.25, -0.2) is 0 Å². The number of hydrogen-bond donors (Lipinski definition) is 1. The molecule has 5 heteroatoms. The molecule has 0 amide bonds. The van der Waals surface area contributed by atoms with E-state index in [9.17, 15) is 9.36 Å². The molecule has 1 unspecified atom stereocenters. The molecule has 0 aliphatic heterocycles. The first-order valence-corrected chi connectivity index (χ1v) is 7.79. The lowest BCUT2D eigenvalue weighted by Gasteiger charge is -2.13. The summed E-state index contributed by atoms with van der Waals surface area (Å²) in [5, 5.41) is 8.92. The number of aliphatic hydroxyl groups excluding tert-OH is 1. The third-order valence-corrected chi connectivity index (χ3v) is 4.43. The summed E-state index contributed by atoms with van der Waals surface area (Å²) in [5.41, 5.74) is -0.423. The Balaban J connectivity index is 3.89. The van der Waals surface area contributed by atoms with Gasteiger partial charge in [0, 0.05) is 6.42 Å². The summed E-state index contributed by atoms with van der Waals surface area (Å²) in [5.74, 6) is 0. The van der Waals surface area contributed by atoms with Crippen LogP contribution < -0.4 is 0 Å². The summed E-state index contributed by atoms with van der Waals surface area (Å²) in [4.78, 5) is 11.6. The molecule has 0 fully saturated rings. The highest BCUT2D eigenvalue weighted by molar-refractivity contribution is 7.75. The third kappa shape index (κ3) is 5.78. The van der Waals surface area contributed by atoms with E-state index >= 15 is 0 Å². The van der Waals surface area contributed by atoms with Crippen LogP contribution in [0.5, 0.6) is 0 Å². The monoisotopic (exact) mass is 250 g/mol. The minimum absolute atomic E-state index is 0.194. The van der Waals surface area contributed by atoms with Gasteiger partial charge >= 0.3 is 0 Å². The van der Waals surface area contributed by atoms with Gasteiger partial charge in [0.15, 0.2) is 0 Å². The Kier molecular flexibility index (Phi) is 8.81. The van der Waals surface area contributed by atoms with Crippen molar-refractivity contribution >= 4 is 12.9 Å². The Morgan fingerprint density at radius 1 is 1.19 bits per heavy atom. The smallest absolute Gasteiger partial charge is 0.291 e. The van der Waals surface area contributed by atoms with E-state index in [-0.39, 0.29) is 13.0 Å². The van der Waals surface area contributed by atoms with Gasteiger partial charge < -0.3 is 9.63 Å². The number of hydrogen-bond acceptors (Lipinski definition) is 4. The fourth-order valence-electron chi connectivity index (χ4n) is 1.45. The van der Waals surface area contributed by atoms with Crippen LogP contribution in [0.4, 0.5) is 0 Å². The van der Waals surface area contributed by atoms with Crippen LogP contribution in [0.3, 0.4) is 0 Å². The van der Waals surface area contributed by atoms with Crippen molar-refractivity contribution in [2.24, 2.45) is 0 Å². The average Bonchev–Trinajstić information content (AvgIpc) is 2.28. The van der Waals surface area contributed by atoms with Crippen molar-refractivity contribution in [3.63, 3.8) is 0 Å². The minimum atomic E-state index is -3.43. The molecule has 0 aromatic rings. The van der Waals surface area contributed by atoms with Crippen molar-refractivity contribution in [1.29, 1.82) is 0 Å². The molecule has 0 aliphatic rings. The first-order valence-electron chi connectivity index (χ1n) is 5.98. The maximum absolute atomic E-state index is 11.8. The van der Waals surface area contributed by atoms with Crippen molar-refractivity contribution < 1.29 is 19.0 Å². The molecule has 0 radical (unpaired) electrons. The quantitative estimate of drug-likeness (QED) is 0.478. The van der Waals surface area contributed by atoms with Gasteiger partial charge in [0.1, 0.15) is 6.35 Å². The lowest BCUT2D eigenvalue weighted by molar-refractivity contribution is -0.113. The van der Waals surface area contributed by atoms with Crippen LogP contribution in [-0.4, -0.2) is 23.6 Å². The van der Waals surface area contributed by atoms with E-state index in [1.165, 1.54) is 0 Å². The molecule has 1 atom stereocenters. The highest BCUT2D eigenvalue weighted by Crippen LogP contribution is 2.47. The Morgan fingerprint density at radius 3 is 2.31 bits per heavy atom. The lowest BCUT2D eigenvalue weighted by atomic mass is 10.1. The first kappa shape index (κ1) is 15.8. The summed E-state index contributed by atoms with van der Waals surface area (Å²) in [7, 11) is -3.43. The van der Waals surface area contributed by atoms with E-state index in [2.05, 4.69) is 6.92 Å². The molecule has 0 rings (SSSR count). The zero-order valence-electron chi connectivity index (χ0n) is 10.3. The minimum Gasteiger partial charge on any atom is -0.386 e. The number of rotatable bonds is 10. The summed E-state index contributed by atoms with van der Waals surface area (Å²) in [6.45, 7) is 3.98. The summed E-state index contributed by atoms with van der Waals surface area (Å²) in [6.07, 6.45) is 4.70. The highest BCUT2D eigenvalue weighted by atomic mass is 31.2. The summed E-state index contributed by atoms with van der Waals surface area (Å²) < 4.78 is 16.7. The fraction of sp³-hybridized carbons (Fsp3) is 0.909. The molecule has 16 heavy (non-hydrogen) atoms. The molecule has 0 spiro atoms. The second kappa shape index (κ2) is 8.91. The second-order valence-electron chi connectivity index (χ2n) is 3.79. The fourth-order valence-corrected chi connectivity index (χ4v) is 2.75. The average molecular weight is 250 g/mol. The second-order valence-corrected chi connectivity index (χ2v) is 6.18. The van der Waals surface area contributed by atoms with Crippen LogP contribution in [0, 0.1) is 0 Å². The van der Waals surface area contributed by atoms with Gasteiger partial charge in [0.25, 0.3) is 7.37 Å². The van der Waals surface area contributed by atoms with E-state index in [1.54, 1.807) is 6.92 Å². The maximum atomic E-state index is 11.8. The molecule has 96 valence electrons. The predicted octanol–water partition coefficient (Wildman–Crippen LogP) is 3.14. The molecule has 0 bridgehead atoms. The van der Waals surface area contributed by atoms with Gasteiger partial charge in [0.05, 0.1) is 6.61 Å². The van der Waals surface area contributed by atoms with E-state index < -0.39 is 19.2 Å². The van der Waals surface area contributed by atoms with Crippen molar-refractivity contribution in [3.05, 3.63) is 0 Å². The largest absolute Gasteiger partial charge is 0.386 e. The molecule has 4 nitrogen and oxygen atoms in total. The van der Waals surface area contributed by atoms with Crippen LogP contribution >= 0.6 is 7.37 Å². The van der Waals surface area contributed by atoms with Crippen LogP contribution in [0.1, 0.15) is 52.4 Å². The Morgan fingerprint density at radius 2 is 1.81 bits per heavy atom. The zero-order valence-corrected chi connectivity index (χ0v) is 11.2. The van der Waals surface area contributed by atoms with Crippen molar-refractivity contribution in [1.82, 2.24) is 0 Å². The maximum Gasteiger partial charge on any atom is 0.291 e. The topological polar surface area (TPSA) is 63.6 Å². The number of unbranched alkanes of at least 4 members (excludes halogenated alkanes) is 4. The molecular formula is C11H23O4P. The van der Waals surface area contributed by atoms with Crippen LogP contribution in [0.2, 0.25) is 0 Å². The normalized spacial score (nSPS) is 14.7. The van der Waals surface area contributed by atoms with Crippen LogP contribution in [0.25, 0.3) is 0 Å². The first-order chi connectivity index (χ1) is 7.60. The molecule has 0 aromatic carbocycles. The Labute approximate surface area is 97.8 Å². The van der Waals surface area contributed by atoms with Crippen LogP contribution in [0.15, 0.2) is 0 Å². The molecule has 0 saturated carbocycles. The predicted molar refractivity (Wildman–Crippen MR) is 64.7 cm³/mol. The van der Waals surface area contributed by atoms with E-state index in [0.29, 0.717) is 0 Å². The van der Waals surface area contributed by atoms with Gasteiger partial charge in [0.2, 0.25) is 5.52 Å². The molecule has 0 heterocycles. The van der Waals surface area contributed by atoms with Crippen molar-refractivity contribution in [2.45, 2.75) is 52.4 Å². The Hall–Kier alpha value is -0.180. The van der Waals surface area contributed by atoms with E-state index in [1.807, 2.05) is 0 Å². The zero-order chi connectivity index (χ0) is 12.4. The van der Waals surface area contributed by atoms with Crippen molar-refractivity contribution in [2.75, 3.05) is 13.0 Å². The molecular weight excluding hydrogens is 227 g/mol. The SMILES string of the molecule is CCCCCCCC(=O)P(=O)(CO)OCC. The van der Waals surface area contributed by atoms with Gasteiger partial charge in [-0.1, -0.05) is 32.6 Å². The number of carbonyl (C=O) groups excluding carboxylic acids is 1. The summed E-state index contributed by atoms with van der Waals surface area (Å²) >= 11 is 0.